The summed E-state index contributed by atoms with van der Waals surface area (Å²) in [5, 5.41) is 50.7. The summed E-state index contributed by atoms with van der Waals surface area (Å²) in [5.74, 6) is 1.86. The number of nitrogens with one attached hydrogen (secondary N) is 1. The Kier molecular flexibility index (Phi) is 13.1. The largest absolute Gasteiger partial charge is 0.494 e. The summed E-state index contributed by atoms with van der Waals surface area (Å²) in [6, 6.07) is 4.61. The number of aliphatic hydroxyl groups is 5. The molecule has 2 aromatic rings. The summed E-state index contributed by atoms with van der Waals surface area (Å²) in [5.41, 5.74) is 0.308. The number of piperidine rings is 1. The molecule has 14 heteroatoms. The summed E-state index contributed by atoms with van der Waals surface area (Å²) in [6.45, 7) is 2.93. The Morgan fingerprint density at radius 3 is 2.38 bits per heavy atom. The molecule has 13 nitrogen and oxygen atoms in total. The molecule has 2 aliphatic rings. The lowest BCUT2D eigenvalue weighted by molar-refractivity contribution is -0.136. The maximum absolute atomic E-state index is 14.8. The number of hydrogen-bond acceptors (Lipinski definition) is 12. The molecule has 0 saturated carbocycles. The smallest absolute Gasteiger partial charge is 0.227 e. The zero-order valence-corrected chi connectivity index (χ0v) is 25.7. The number of aromatic nitrogens is 2. The summed E-state index contributed by atoms with van der Waals surface area (Å²) in [4.78, 5) is 25.2. The molecular weight excluding hydrogens is 589 g/mol. The van der Waals surface area contributed by atoms with E-state index in [1.165, 1.54) is 6.07 Å². The summed E-state index contributed by atoms with van der Waals surface area (Å²) in [6.07, 6.45) is 1.10. The number of carbonyl (C=O) groups excluding carboxylic acids is 1. The number of benzene rings is 1. The fourth-order valence-electron chi connectivity index (χ4n) is 5.62. The van der Waals surface area contributed by atoms with Gasteiger partial charge in [0.2, 0.25) is 11.9 Å². The predicted molar refractivity (Wildman–Crippen MR) is 162 cm³/mol. The van der Waals surface area contributed by atoms with Gasteiger partial charge in [0.05, 0.1) is 45.2 Å². The average Bonchev–Trinajstić information content (AvgIpc) is 3.04. The Bertz CT molecular complexity index is 1200. The molecule has 6 N–H and O–H groups in total. The van der Waals surface area contributed by atoms with Crippen LogP contribution in [0.1, 0.15) is 31.2 Å². The maximum atomic E-state index is 14.8. The zero-order chi connectivity index (χ0) is 32.3. The number of aliphatic hydroxyl groups excluding tert-OH is 5. The summed E-state index contributed by atoms with van der Waals surface area (Å²) < 4.78 is 25.7. The van der Waals surface area contributed by atoms with Gasteiger partial charge in [0.15, 0.2) is 5.75 Å². The van der Waals surface area contributed by atoms with Gasteiger partial charge in [0.25, 0.3) is 0 Å². The van der Waals surface area contributed by atoms with E-state index < -0.39 is 36.8 Å². The van der Waals surface area contributed by atoms with Gasteiger partial charge in [-0.25, -0.2) is 14.4 Å². The van der Waals surface area contributed by atoms with Gasteiger partial charge in [-0.15, -0.1) is 0 Å². The first-order chi connectivity index (χ1) is 21.7. The van der Waals surface area contributed by atoms with Crippen LogP contribution in [-0.2, 0) is 11.2 Å². The molecule has 0 bridgehead atoms. The predicted octanol–water partition coefficient (Wildman–Crippen LogP) is -0.274. The maximum Gasteiger partial charge on any atom is 0.227 e. The molecule has 0 aliphatic carbocycles. The molecule has 1 aromatic heterocycles. The number of carbonyl (C=O) groups is 1. The number of ether oxygens (including phenoxy) is 2. The first-order valence-electron chi connectivity index (χ1n) is 15.5. The number of anilines is 1. The monoisotopic (exact) mass is 635 g/mol. The number of amides is 1. The Morgan fingerprint density at radius 2 is 1.73 bits per heavy atom. The number of nitrogens with zero attached hydrogens (tertiary/aromatic N) is 4. The van der Waals surface area contributed by atoms with E-state index in [0.29, 0.717) is 49.2 Å². The molecule has 4 rings (SSSR count). The van der Waals surface area contributed by atoms with Gasteiger partial charge in [-0.05, 0) is 43.2 Å². The second kappa shape index (κ2) is 17.0. The Hall–Kier alpha value is -3.14. The highest BCUT2D eigenvalue weighted by atomic mass is 19.1. The highest BCUT2D eigenvalue weighted by molar-refractivity contribution is 5.79. The molecule has 250 valence electrons. The van der Waals surface area contributed by atoms with Crippen molar-refractivity contribution in [2.45, 2.75) is 56.5 Å². The van der Waals surface area contributed by atoms with Crippen molar-refractivity contribution in [3.05, 3.63) is 42.0 Å². The van der Waals surface area contributed by atoms with Gasteiger partial charge < -0.3 is 50.1 Å². The van der Waals surface area contributed by atoms with Gasteiger partial charge in [0.1, 0.15) is 29.9 Å². The lowest BCUT2D eigenvalue weighted by Gasteiger charge is -2.39. The second-order valence-electron chi connectivity index (χ2n) is 11.9. The molecule has 2 aliphatic heterocycles. The van der Waals surface area contributed by atoms with Crippen molar-refractivity contribution in [2.24, 2.45) is 11.8 Å². The molecule has 1 amide bonds. The topological polar surface area (TPSA) is 181 Å². The van der Waals surface area contributed by atoms with Crippen LogP contribution in [0.4, 0.5) is 10.3 Å². The van der Waals surface area contributed by atoms with Crippen LogP contribution in [0.5, 0.6) is 11.5 Å². The minimum atomic E-state index is -1.67. The van der Waals surface area contributed by atoms with E-state index in [9.17, 15) is 29.6 Å². The third kappa shape index (κ3) is 9.92. The number of halogens is 1. The molecule has 0 spiro atoms. The Labute approximate surface area is 262 Å². The van der Waals surface area contributed by atoms with Crippen molar-refractivity contribution in [1.29, 1.82) is 0 Å². The highest BCUT2D eigenvalue weighted by Crippen LogP contribution is 2.25. The van der Waals surface area contributed by atoms with Crippen molar-refractivity contribution >= 4 is 11.9 Å². The van der Waals surface area contributed by atoms with Crippen LogP contribution in [0.25, 0.3) is 0 Å². The fourth-order valence-corrected chi connectivity index (χ4v) is 5.62. The Balaban J connectivity index is 1.08. The van der Waals surface area contributed by atoms with Gasteiger partial charge in [-0.3, -0.25) is 4.79 Å². The lowest BCUT2D eigenvalue weighted by atomic mass is 9.92. The van der Waals surface area contributed by atoms with Crippen molar-refractivity contribution in [1.82, 2.24) is 20.2 Å². The quantitative estimate of drug-likeness (QED) is 0.125. The molecule has 0 radical (unpaired) electrons. The van der Waals surface area contributed by atoms with Crippen LogP contribution in [0.2, 0.25) is 0 Å². The van der Waals surface area contributed by atoms with Crippen LogP contribution in [0, 0.1) is 17.7 Å². The van der Waals surface area contributed by atoms with Crippen LogP contribution in [-0.4, -0.2) is 130 Å². The molecule has 3 heterocycles. The van der Waals surface area contributed by atoms with Gasteiger partial charge in [-0.1, -0.05) is 6.07 Å². The average molecular weight is 636 g/mol. The van der Waals surface area contributed by atoms with Gasteiger partial charge in [-0.2, -0.15) is 0 Å². The zero-order valence-electron chi connectivity index (χ0n) is 25.7. The van der Waals surface area contributed by atoms with Crippen LogP contribution in [0.15, 0.2) is 30.6 Å². The van der Waals surface area contributed by atoms with Crippen LogP contribution in [0.3, 0.4) is 0 Å². The minimum Gasteiger partial charge on any atom is -0.494 e. The van der Waals surface area contributed by atoms with E-state index in [1.807, 2.05) is 0 Å². The number of methoxy groups -OCH3 is 1. The first kappa shape index (κ1) is 34.7. The molecule has 2 fully saturated rings. The highest BCUT2D eigenvalue weighted by Gasteiger charge is 2.32. The molecule has 45 heavy (non-hydrogen) atoms. The summed E-state index contributed by atoms with van der Waals surface area (Å²) in [7, 11) is 1.59. The van der Waals surface area contributed by atoms with E-state index in [4.69, 9.17) is 14.6 Å². The van der Waals surface area contributed by atoms with Crippen LogP contribution < -0.4 is 19.7 Å². The molecule has 4 unspecified atom stereocenters. The normalized spacial score (nSPS) is 18.6. The van der Waals surface area contributed by atoms with Crippen molar-refractivity contribution < 1.29 is 44.2 Å². The van der Waals surface area contributed by atoms with Crippen molar-refractivity contribution in [3.8, 4) is 11.5 Å². The van der Waals surface area contributed by atoms with E-state index in [2.05, 4.69) is 20.2 Å². The molecule has 4 atom stereocenters. The van der Waals surface area contributed by atoms with E-state index >= 15 is 0 Å². The fraction of sp³-hybridized carbons (Fsp3) is 0.645. The number of rotatable bonds is 17. The SMILES string of the molecule is COc1cnc(N2CCC(CCCOc3ccc(CC(=O)N4CC(CNCC(O)C(O)C(O)C(O)CO)C4)c(F)c3)CC2)nc1. The third-order valence-corrected chi connectivity index (χ3v) is 8.56. The minimum absolute atomic E-state index is 0.0407. The van der Waals surface area contributed by atoms with E-state index in [1.54, 1.807) is 36.5 Å². The van der Waals surface area contributed by atoms with E-state index in [-0.39, 0.29) is 24.8 Å². The summed E-state index contributed by atoms with van der Waals surface area (Å²) >= 11 is 0. The lowest BCUT2D eigenvalue weighted by Crippen LogP contribution is -2.55. The second-order valence-corrected chi connectivity index (χ2v) is 11.9. The van der Waals surface area contributed by atoms with Crippen molar-refractivity contribution in [3.63, 3.8) is 0 Å². The van der Waals surface area contributed by atoms with Crippen molar-refractivity contribution in [2.75, 3.05) is 64.5 Å². The van der Waals surface area contributed by atoms with E-state index in [0.717, 1.165) is 44.7 Å². The third-order valence-electron chi connectivity index (χ3n) is 8.56. The molecule has 1 aromatic carbocycles. The Morgan fingerprint density at radius 1 is 1.04 bits per heavy atom. The number of hydrogen-bond donors (Lipinski definition) is 6. The van der Waals surface area contributed by atoms with Gasteiger partial charge in [0, 0.05) is 51.3 Å². The molecular formula is C31H46FN5O8. The standard InChI is InChI=1S/C31H46FN5O8/c1-44-24-14-34-31(35-15-24)36-8-6-20(7-9-36)3-2-10-45-23-5-4-22(25(32)12-23)11-28(41)37-17-21(18-37)13-33-16-26(39)29(42)30(43)27(40)19-38/h4-5,12,14-15,20-21,26-27,29-30,33,38-40,42-43H,2-3,6-11,13,16-19H2,1H3. The number of likely N-dealkylation sites (tertiary alicyclic amines) is 1. The van der Waals surface area contributed by atoms with Gasteiger partial charge >= 0.3 is 0 Å². The van der Waals surface area contributed by atoms with Crippen LogP contribution >= 0.6 is 0 Å². The molecule has 2 saturated heterocycles. The first-order valence-corrected chi connectivity index (χ1v) is 15.5.